The first-order valence-corrected chi connectivity index (χ1v) is 11.2. The summed E-state index contributed by atoms with van der Waals surface area (Å²) in [5.74, 6) is -1.98. The number of hydrogen-bond donors (Lipinski definition) is 3. The molecule has 1 unspecified atom stereocenters. The number of H-pyrrole nitrogens is 1. The number of aromatic amines is 1. The zero-order valence-corrected chi connectivity index (χ0v) is 19.2. The van der Waals surface area contributed by atoms with Crippen molar-refractivity contribution in [3.05, 3.63) is 71.9 Å². The van der Waals surface area contributed by atoms with Crippen LogP contribution < -0.4 is 5.32 Å². The van der Waals surface area contributed by atoms with Gasteiger partial charge in [-0.3, -0.25) is 9.59 Å². The number of fused-ring (bicyclic) bond motifs is 1. The van der Waals surface area contributed by atoms with Gasteiger partial charge >= 0.3 is 5.97 Å². The van der Waals surface area contributed by atoms with Crippen LogP contribution in [-0.4, -0.2) is 51.9 Å². The van der Waals surface area contributed by atoms with Crippen molar-refractivity contribution in [3.8, 4) is 0 Å². The van der Waals surface area contributed by atoms with Crippen molar-refractivity contribution in [1.29, 1.82) is 0 Å². The summed E-state index contributed by atoms with van der Waals surface area (Å²) in [6.45, 7) is 3.75. The molecule has 3 atom stereocenters. The fourth-order valence-corrected chi connectivity index (χ4v) is 3.91. The second-order valence-electron chi connectivity index (χ2n) is 8.43. The number of carbonyl (C=O) groups is 3. The number of carboxylic acid groups (broad SMARTS) is 1. The highest BCUT2D eigenvalue weighted by atomic mass is 16.4. The Kier molecular flexibility index (Phi) is 7.87. The summed E-state index contributed by atoms with van der Waals surface area (Å²) < 4.78 is 0. The van der Waals surface area contributed by atoms with Gasteiger partial charge in [0.05, 0.1) is 0 Å². The van der Waals surface area contributed by atoms with E-state index < -0.39 is 24.0 Å². The van der Waals surface area contributed by atoms with Crippen molar-refractivity contribution >= 4 is 28.7 Å². The smallest absolute Gasteiger partial charge is 0.326 e. The predicted octanol–water partition coefficient (Wildman–Crippen LogP) is 3.40. The van der Waals surface area contributed by atoms with E-state index in [-0.39, 0.29) is 18.2 Å². The highest BCUT2D eigenvalue weighted by molar-refractivity contribution is 5.91. The van der Waals surface area contributed by atoms with Crippen molar-refractivity contribution in [2.45, 2.75) is 45.2 Å². The highest BCUT2D eigenvalue weighted by Gasteiger charge is 2.32. The van der Waals surface area contributed by atoms with Gasteiger partial charge in [-0.25, -0.2) is 4.79 Å². The van der Waals surface area contributed by atoms with Crippen LogP contribution in [0.3, 0.4) is 0 Å². The highest BCUT2D eigenvalue weighted by Crippen LogP contribution is 2.20. The van der Waals surface area contributed by atoms with E-state index in [0.29, 0.717) is 12.8 Å². The van der Waals surface area contributed by atoms with Crippen LogP contribution in [0.15, 0.2) is 60.8 Å². The van der Waals surface area contributed by atoms with Crippen LogP contribution in [0.25, 0.3) is 10.9 Å². The molecular formula is C26H31N3O4. The normalized spacial score (nSPS) is 13.8. The molecule has 0 saturated carbocycles. The van der Waals surface area contributed by atoms with Crippen LogP contribution in [0, 0.1) is 5.92 Å². The first-order valence-electron chi connectivity index (χ1n) is 11.2. The van der Waals surface area contributed by atoms with E-state index >= 15 is 0 Å². The lowest BCUT2D eigenvalue weighted by Gasteiger charge is -2.30. The molecule has 0 aliphatic rings. The van der Waals surface area contributed by atoms with Gasteiger partial charge in [-0.15, -0.1) is 0 Å². The lowest BCUT2D eigenvalue weighted by atomic mass is 10.00. The van der Waals surface area contributed by atoms with Crippen LogP contribution in [0.2, 0.25) is 0 Å². The van der Waals surface area contributed by atoms with E-state index in [4.69, 9.17) is 0 Å². The molecule has 2 amide bonds. The summed E-state index contributed by atoms with van der Waals surface area (Å²) in [6.07, 6.45) is 2.85. The maximum absolute atomic E-state index is 13.3. The summed E-state index contributed by atoms with van der Waals surface area (Å²) in [7, 11) is 1.61. The van der Waals surface area contributed by atoms with Crippen LogP contribution in [0.5, 0.6) is 0 Å². The third-order valence-corrected chi connectivity index (χ3v) is 6.14. The molecule has 0 bridgehead atoms. The van der Waals surface area contributed by atoms with Crippen molar-refractivity contribution in [3.63, 3.8) is 0 Å². The molecule has 0 aliphatic carbocycles. The molecule has 0 aliphatic heterocycles. The van der Waals surface area contributed by atoms with Gasteiger partial charge in [0.15, 0.2) is 0 Å². The summed E-state index contributed by atoms with van der Waals surface area (Å²) in [4.78, 5) is 42.8. The summed E-state index contributed by atoms with van der Waals surface area (Å²) in [5, 5.41) is 13.4. The van der Waals surface area contributed by atoms with E-state index in [2.05, 4.69) is 10.3 Å². The number of nitrogens with zero attached hydrogens (tertiary/aromatic N) is 1. The number of para-hydroxylation sites is 1. The van der Waals surface area contributed by atoms with Gasteiger partial charge in [0.1, 0.15) is 12.1 Å². The topological polar surface area (TPSA) is 103 Å². The van der Waals surface area contributed by atoms with Crippen molar-refractivity contribution in [2.24, 2.45) is 5.92 Å². The molecule has 33 heavy (non-hydrogen) atoms. The molecule has 0 radical (unpaired) electrons. The first kappa shape index (κ1) is 24.0. The van der Waals surface area contributed by atoms with Crippen LogP contribution in [0.1, 0.15) is 31.4 Å². The molecule has 2 aromatic carbocycles. The molecule has 0 fully saturated rings. The number of carbonyl (C=O) groups excluding carboxylic acids is 2. The van der Waals surface area contributed by atoms with Crippen molar-refractivity contribution in [2.75, 3.05) is 7.05 Å². The van der Waals surface area contributed by atoms with Crippen molar-refractivity contribution in [1.82, 2.24) is 15.2 Å². The number of hydrogen-bond acceptors (Lipinski definition) is 3. The molecule has 1 aromatic heterocycles. The summed E-state index contributed by atoms with van der Waals surface area (Å²) >= 11 is 0. The van der Waals surface area contributed by atoms with Gasteiger partial charge in [-0.05, 0) is 23.6 Å². The molecule has 174 valence electrons. The Morgan fingerprint density at radius 2 is 1.70 bits per heavy atom. The van der Waals surface area contributed by atoms with Crippen LogP contribution in [-0.2, 0) is 27.2 Å². The number of likely N-dealkylation sites (N-methyl/N-ethyl adjacent to an activating group) is 1. The Hall–Kier alpha value is -3.61. The number of nitrogens with one attached hydrogen (secondary N) is 2. The molecule has 3 aromatic rings. The SMILES string of the molecule is CCC(C)C(=O)N(C)[C@@H](Cc1ccccc1)C(=O)N[C@@H](Cc1c[nH]c2ccccc12)C(=O)O. The molecule has 1 heterocycles. The number of benzene rings is 2. The Labute approximate surface area is 193 Å². The maximum Gasteiger partial charge on any atom is 0.326 e. The quantitative estimate of drug-likeness (QED) is 0.441. The van der Waals surface area contributed by atoms with E-state index in [9.17, 15) is 19.5 Å². The second-order valence-corrected chi connectivity index (χ2v) is 8.43. The van der Waals surface area contributed by atoms with Gasteiger partial charge in [-0.2, -0.15) is 0 Å². The average molecular weight is 450 g/mol. The third-order valence-electron chi connectivity index (χ3n) is 6.14. The third kappa shape index (κ3) is 5.80. The maximum atomic E-state index is 13.3. The van der Waals surface area contributed by atoms with E-state index in [0.717, 1.165) is 22.0 Å². The zero-order valence-electron chi connectivity index (χ0n) is 19.2. The molecule has 0 spiro atoms. The van der Waals surface area contributed by atoms with Gasteiger partial charge in [0.25, 0.3) is 0 Å². The lowest BCUT2D eigenvalue weighted by molar-refractivity contribution is -0.145. The number of rotatable bonds is 10. The van der Waals surface area contributed by atoms with E-state index in [1.807, 2.05) is 68.4 Å². The average Bonchev–Trinajstić information content (AvgIpc) is 3.24. The number of aromatic nitrogens is 1. The molecule has 3 N–H and O–H groups in total. The van der Waals surface area contributed by atoms with E-state index in [1.165, 1.54) is 4.90 Å². The summed E-state index contributed by atoms with van der Waals surface area (Å²) in [6, 6.07) is 15.1. The minimum atomic E-state index is -1.12. The van der Waals surface area contributed by atoms with Gasteiger partial charge < -0.3 is 20.3 Å². The predicted molar refractivity (Wildman–Crippen MR) is 128 cm³/mol. The molecule has 7 heteroatoms. The molecule has 3 rings (SSSR count). The largest absolute Gasteiger partial charge is 0.480 e. The Morgan fingerprint density at radius 3 is 2.36 bits per heavy atom. The number of carboxylic acids is 1. The van der Waals surface area contributed by atoms with Crippen LogP contribution >= 0.6 is 0 Å². The molecule has 0 saturated heterocycles. The Bertz CT molecular complexity index is 1110. The standard InChI is InChI=1S/C26H31N3O4/c1-4-17(2)25(31)29(3)23(14-18-10-6-5-7-11-18)24(30)28-22(26(32)33)15-19-16-27-21-13-9-8-12-20(19)21/h5-13,16-17,22-23,27H,4,14-15H2,1-3H3,(H,28,30)(H,32,33)/t17?,22-,23-/m0/s1. The van der Waals surface area contributed by atoms with Crippen molar-refractivity contribution < 1.29 is 19.5 Å². The number of aliphatic carboxylic acids is 1. The minimum absolute atomic E-state index is 0.131. The first-order chi connectivity index (χ1) is 15.8. The Balaban J connectivity index is 1.83. The summed E-state index contributed by atoms with van der Waals surface area (Å²) in [5.41, 5.74) is 2.61. The minimum Gasteiger partial charge on any atom is -0.480 e. The number of amides is 2. The Morgan fingerprint density at radius 1 is 1.03 bits per heavy atom. The molecule has 7 nitrogen and oxygen atoms in total. The monoisotopic (exact) mass is 449 g/mol. The van der Waals surface area contributed by atoms with Gasteiger partial charge in [0, 0.05) is 42.9 Å². The van der Waals surface area contributed by atoms with Gasteiger partial charge in [0.2, 0.25) is 11.8 Å². The zero-order chi connectivity index (χ0) is 24.0. The fourth-order valence-electron chi connectivity index (χ4n) is 3.91. The fraction of sp³-hybridized carbons (Fsp3) is 0.346. The van der Waals surface area contributed by atoms with Crippen LogP contribution in [0.4, 0.5) is 0 Å². The van der Waals surface area contributed by atoms with Gasteiger partial charge in [-0.1, -0.05) is 62.4 Å². The second kappa shape index (κ2) is 10.8. The lowest BCUT2D eigenvalue weighted by Crippen LogP contribution is -2.54. The molecular weight excluding hydrogens is 418 g/mol. The van der Waals surface area contributed by atoms with E-state index in [1.54, 1.807) is 13.2 Å².